The van der Waals surface area contributed by atoms with E-state index in [0.29, 0.717) is 12.4 Å². The smallest absolute Gasteiger partial charge is 0.241 e. The number of amides is 1. The average molecular weight is 225 g/mol. The molecule has 1 aromatic rings. The Bertz CT molecular complexity index is 368. The quantitative estimate of drug-likeness (QED) is 0.721. The van der Waals surface area contributed by atoms with Crippen LogP contribution in [0.4, 0.5) is 10.2 Å². The van der Waals surface area contributed by atoms with Gasteiger partial charge in [-0.3, -0.25) is 4.79 Å². The summed E-state index contributed by atoms with van der Waals surface area (Å²) < 4.78 is 12.9. The molecule has 0 aliphatic heterocycles. The zero-order chi connectivity index (χ0) is 12.1. The lowest BCUT2D eigenvalue weighted by Crippen LogP contribution is -2.37. The van der Waals surface area contributed by atoms with Gasteiger partial charge < -0.3 is 9.80 Å². The van der Waals surface area contributed by atoms with Crippen LogP contribution in [0.5, 0.6) is 0 Å². The van der Waals surface area contributed by atoms with Gasteiger partial charge in [-0.15, -0.1) is 0 Å². The van der Waals surface area contributed by atoms with E-state index in [9.17, 15) is 9.18 Å². The molecule has 0 saturated carbocycles. The highest BCUT2D eigenvalue weighted by molar-refractivity contribution is 5.80. The highest BCUT2D eigenvalue weighted by atomic mass is 19.1. The van der Waals surface area contributed by atoms with E-state index in [1.54, 1.807) is 31.1 Å². The van der Waals surface area contributed by atoms with Gasteiger partial charge in [-0.2, -0.15) is 4.39 Å². The number of aromatic nitrogens is 1. The third-order valence-corrected chi connectivity index (χ3v) is 2.23. The fourth-order valence-corrected chi connectivity index (χ4v) is 1.23. The Morgan fingerprint density at radius 3 is 2.62 bits per heavy atom. The van der Waals surface area contributed by atoms with Crippen LogP contribution in [0.1, 0.15) is 6.92 Å². The van der Waals surface area contributed by atoms with E-state index in [-0.39, 0.29) is 12.5 Å². The summed E-state index contributed by atoms with van der Waals surface area (Å²) in [5, 5.41) is 0. The molecule has 0 fully saturated rings. The molecule has 16 heavy (non-hydrogen) atoms. The molecule has 0 saturated heterocycles. The molecule has 0 bridgehead atoms. The van der Waals surface area contributed by atoms with Crippen molar-refractivity contribution < 1.29 is 9.18 Å². The number of nitrogens with zero attached hydrogens (tertiary/aromatic N) is 3. The number of anilines is 1. The molecule has 0 aliphatic carbocycles. The minimum absolute atomic E-state index is 0.0343. The van der Waals surface area contributed by atoms with Crippen LogP contribution in [-0.4, -0.2) is 43.0 Å². The van der Waals surface area contributed by atoms with E-state index in [1.807, 2.05) is 6.92 Å². The number of rotatable bonds is 4. The highest BCUT2D eigenvalue weighted by Crippen LogP contribution is 2.10. The monoisotopic (exact) mass is 225 g/mol. The van der Waals surface area contributed by atoms with Gasteiger partial charge in [-0.1, -0.05) is 6.07 Å². The summed E-state index contributed by atoms with van der Waals surface area (Å²) in [4.78, 5) is 18.5. The lowest BCUT2D eigenvalue weighted by Gasteiger charge is -2.22. The van der Waals surface area contributed by atoms with E-state index < -0.39 is 5.95 Å². The molecule has 0 spiro atoms. The molecule has 4 nitrogen and oxygen atoms in total. The van der Waals surface area contributed by atoms with Crippen molar-refractivity contribution in [3.05, 3.63) is 24.1 Å². The van der Waals surface area contributed by atoms with Crippen molar-refractivity contribution in [1.29, 1.82) is 0 Å². The Kier molecular flexibility index (Phi) is 4.22. The van der Waals surface area contributed by atoms with Gasteiger partial charge in [-0.25, -0.2) is 4.98 Å². The molecule has 1 rings (SSSR count). The second-order valence-electron chi connectivity index (χ2n) is 3.62. The topological polar surface area (TPSA) is 36.4 Å². The van der Waals surface area contributed by atoms with E-state index >= 15 is 0 Å². The van der Waals surface area contributed by atoms with Crippen molar-refractivity contribution in [2.75, 3.05) is 32.1 Å². The maximum atomic E-state index is 12.9. The first-order valence-electron chi connectivity index (χ1n) is 5.12. The molecule has 0 aromatic carbocycles. The Morgan fingerprint density at radius 2 is 2.12 bits per heavy atom. The molecular weight excluding hydrogens is 209 g/mol. The Hall–Kier alpha value is -1.65. The number of likely N-dealkylation sites (N-methyl/N-ethyl adjacent to an activating group) is 2. The van der Waals surface area contributed by atoms with Crippen LogP contribution in [0.25, 0.3) is 0 Å². The van der Waals surface area contributed by atoms with Crippen LogP contribution in [0.15, 0.2) is 18.2 Å². The third kappa shape index (κ3) is 3.18. The van der Waals surface area contributed by atoms with Gasteiger partial charge in [0.25, 0.3) is 0 Å². The van der Waals surface area contributed by atoms with E-state index in [2.05, 4.69) is 4.98 Å². The first-order valence-corrected chi connectivity index (χ1v) is 5.12. The lowest BCUT2D eigenvalue weighted by molar-refractivity contribution is -0.127. The number of carbonyl (C=O) groups excluding carboxylic acids is 1. The Labute approximate surface area is 94.7 Å². The standard InChI is InChI=1S/C11H16FN3O/c1-4-15(8-11(16)14(2)3)10-7-5-6-9(12)13-10/h5-7H,4,8H2,1-3H3. The van der Waals surface area contributed by atoms with Gasteiger partial charge in [-0.05, 0) is 19.1 Å². The van der Waals surface area contributed by atoms with Crippen molar-refractivity contribution in [1.82, 2.24) is 9.88 Å². The molecular formula is C11H16FN3O. The predicted octanol–water partition coefficient (Wildman–Crippen LogP) is 1.14. The molecule has 0 atom stereocenters. The van der Waals surface area contributed by atoms with Gasteiger partial charge in [0.2, 0.25) is 11.9 Å². The minimum Gasteiger partial charge on any atom is -0.347 e. The summed E-state index contributed by atoms with van der Waals surface area (Å²) in [6.07, 6.45) is 0. The summed E-state index contributed by atoms with van der Waals surface area (Å²) in [5.74, 6) is -0.0844. The number of hydrogen-bond acceptors (Lipinski definition) is 3. The summed E-state index contributed by atoms with van der Waals surface area (Å²) in [6, 6.07) is 4.56. The summed E-state index contributed by atoms with van der Waals surface area (Å²) in [6.45, 7) is 2.71. The van der Waals surface area contributed by atoms with Crippen molar-refractivity contribution in [3.8, 4) is 0 Å². The molecule has 5 heteroatoms. The first-order chi connectivity index (χ1) is 7.54. The zero-order valence-corrected chi connectivity index (χ0v) is 9.77. The van der Waals surface area contributed by atoms with Crippen LogP contribution < -0.4 is 4.90 Å². The second kappa shape index (κ2) is 5.44. The van der Waals surface area contributed by atoms with Crippen molar-refractivity contribution in [3.63, 3.8) is 0 Å². The Balaban J connectivity index is 2.78. The summed E-state index contributed by atoms with van der Waals surface area (Å²) in [7, 11) is 3.38. The average Bonchev–Trinajstić information content (AvgIpc) is 2.25. The molecule has 0 aliphatic rings. The largest absolute Gasteiger partial charge is 0.347 e. The van der Waals surface area contributed by atoms with Gasteiger partial charge in [0, 0.05) is 20.6 Å². The van der Waals surface area contributed by atoms with Gasteiger partial charge in [0.15, 0.2) is 0 Å². The van der Waals surface area contributed by atoms with Gasteiger partial charge >= 0.3 is 0 Å². The van der Waals surface area contributed by atoms with Crippen LogP contribution >= 0.6 is 0 Å². The van der Waals surface area contributed by atoms with E-state index in [4.69, 9.17) is 0 Å². The fourth-order valence-electron chi connectivity index (χ4n) is 1.23. The normalized spacial score (nSPS) is 10.0. The lowest BCUT2D eigenvalue weighted by atomic mass is 10.4. The van der Waals surface area contributed by atoms with Crippen LogP contribution in [0.2, 0.25) is 0 Å². The predicted molar refractivity (Wildman–Crippen MR) is 60.8 cm³/mol. The zero-order valence-electron chi connectivity index (χ0n) is 9.77. The fraction of sp³-hybridized carbons (Fsp3) is 0.455. The molecule has 0 N–H and O–H groups in total. The van der Waals surface area contributed by atoms with E-state index in [1.165, 1.54) is 11.0 Å². The second-order valence-corrected chi connectivity index (χ2v) is 3.62. The summed E-state index contributed by atoms with van der Waals surface area (Å²) >= 11 is 0. The highest BCUT2D eigenvalue weighted by Gasteiger charge is 2.12. The van der Waals surface area contributed by atoms with E-state index in [0.717, 1.165) is 0 Å². The maximum absolute atomic E-state index is 12.9. The van der Waals surface area contributed by atoms with Crippen molar-refractivity contribution >= 4 is 11.7 Å². The van der Waals surface area contributed by atoms with Crippen molar-refractivity contribution in [2.45, 2.75) is 6.92 Å². The number of hydrogen-bond donors (Lipinski definition) is 0. The molecule has 1 amide bonds. The molecule has 88 valence electrons. The molecule has 1 aromatic heterocycles. The third-order valence-electron chi connectivity index (χ3n) is 2.23. The maximum Gasteiger partial charge on any atom is 0.241 e. The van der Waals surface area contributed by atoms with Crippen LogP contribution in [-0.2, 0) is 4.79 Å². The van der Waals surface area contributed by atoms with Crippen molar-refractivity contribution in [2.24, 2.45) is 0 Å². The molecule has 0 unspecified atom stereocenters. The number of pyridine rings is 1. The molecule has 0 radical (unpaired) electrons. The minimum atomic E-state index is -0.534. The summed E-state index contributed by atoms with van der Waals surface area (Å²) in [5.41, 5.74) is 0. The number of carbonyl (C=O) groups is 1. The van der Waals surface area contributed by atoms with Gasteiger partial charge in [0.1, 0.15) is 5.82 Å². The van der Waals surface area contributed by atoms with Crippen LogP contribution in [0.3, 0.4) is 0 Å². The first kappa shape index (κ1) is 12.4. The Morgan fingerprint density at radius 1 is 1.44 bits per heavy atom. The van der Waals surface area contributed by atoms with Crippen LogP contribution in [0, 0.1) is 5.95 Å². The SMILES string of the molecule is CCN(CC(=O)N(C)C)c1cccc(F)n1. The molecule has 1 heterocycles. The van der Waals surface area contributed by atoms with Gasteiger partial charge in [0.05, 0.1) is 6.54 Å². The number of halogens is 1.